The second-order valence-corrected chi connectivity index (χ2v) is 11.6. The summed E-state index contributed by atoms with van der Waals surface area (Å²) in [7, 11) is 1.62. The van der Waals surface area contributed by atoms with Gasteiger partial charge in [0.05, 0.1) is 99.1 Å². The molecule has 2 heterocycles. The molecule has 0 radical (unpaired) electrons. The third-order valence-corrected chi connectivity index (χ3v) is 7.39. The van der Waals surface area contributed by atoms with Crippen LogP contribution in [0.25, 0.3) is 0 Å². The molecular weight excluding hydrogens is 720 g/mol. The lowest BCUT2D eigenvalue weighted by Gasteiger charge is -2.20. The van der Waals surface area contributed by atoms with Gasteiger partial charge in [-0.15, -0.1) is 5.06 Å². The summed E-state index contributed by atoms with van der Waals surface area (Å²) in [5.41, 5.74) is 0. The van der Waals surface area contributed by atoms with Gasteiger partial charge in [-0.05, 0) is 19.3 Å². The number of rotatable bonds is 34. The molecule has 20 nitrogen and oxygen atoms in total. The van der Waals surface area contributed by atoms with Crippen molar-refractivity contribution in [1.29, 1.82) is 0 Å². The van der Waals surface area contributed by atoms with Gasteiger partial charge in [-0.2, -0.15) is 0 Å². The number of hydroxylamine groups is 2. The van der Waals surface area contributed by atoms with Gasteiger partial charge in [0.15, 0.2) is 0 Å². The SMILES string of the molecule is COCCOCCOCCOCCOCCOCCOCCOCCC(=O)NC(CCCCNC(=O)CN1C(=O)C=CC1=O)C(=O)ON1C(=O)CCC1=O. The van der Waals surface area contributed by atoms with E-state index in [-0.39, 0.29) is 52.0 Å². The van der Waals surface area contributed by atoms with Crippen LogP contribution in [0.1, 0.15) is 38.5 Å². The van der Waals surface area contributed by atoms with E-state index in [1.165, 1.54) is 0 Å². The molecule has 0 aromatic rings. The predicted octanol–water partition coefficient (Wildman–Crippen LogP) is -1.56. The third-order valence-electron chi connectivity index (χ3n) is 7.39. The molecule has 1 unspecified atom stereocenters. The zero-order chi connectivity index (χ0) is 39.2. The number of nitrogens with one attached hydrogen (secondary N) is 2. The maximum Gasteiger partial charge on any atom is 0.355 e. The number of amides is 6. The van der Waals surface area contributed by atoms with Crippen LogP contribution in [0.2, 0.25) is 0 Å². The number of ether oxygens (including phenoxy) is 8. The van der Waals surface area contributed by atoms with Crippen LogP contribution in [0, 0.1) is 0 Å². The van der Waals surface area contributed by atoms with Gasteiger partial charge in [0, 0.05) is 45.1 Å². The van der Waals surface area contributed by atoms with Crippen molar-refractivity contribution in [2.75, 3.05) is 119 Å². The molecule has 306 valence electrons. The quantitative estimate of drug-likeness (QED) is 0.0556. The Balaban J connectivity index is 1.49. The molecule has 2 aliphatic heterocycles. The molecule has 2 N–H and O–H groups in total. The number of hydrogen-bond acceptors (Lipinski definition) is 16. The number of hydrogen-bond donors (Lipinski definition) is 2. The van der Waals surface area contributed by atoms with E-state index < -0.39 is 54.0 Å². The lowest BCUT2D eigenvalue weighted by atomic mass is 10.1. The van der Waals surface area contributed by atoms with E-state index in [1.807, 2.05) is 0 Å². The van der Waals surface area contributed by atoms with E-state index in [0.717, 1.165) is 17.1 Å². The van der Waals surface area contributed by atoms with E-state index in [4.69, 9.17) is 42.7 Å². The molecule has 0 bridgehead atoms. The Morgan fingerprint density at radius 2 is 1.07 bits per heavy atom. The first-order valence-electron chi connectivity index (χ1n) is 17.9. The normalized spacial score (nSPS) is 14.7. The monoisotopic (exact) mass is 774 g/mol. The van der Waals surface area contributed by atoms with E-state index in [0.29, 0.717) is 97.2 Å². The Kier molecular flexibility index (Phi) is 25.2. The van der Waals surface area contributed by atoms with Crippen molar-refractivity contribution in [2.45, 2.75) is 44.6 Å². The molecule has 0 aromatic carbocycles. The average Bonchev–Trinajstić information content (AvgIpc) is 3.64. The molecule has 1 saturated heterocycles. The lowest BCUT2D eigenvalue weighted by molar-refractivity contribution is -0.199. The van der Waals surface area contributed by atoms with Crippen LogP contribution in [0.5, 0.6) is 0 Å². The second-order valence-electron chi connectivity index (χ2n) is 11.6. The minimum absolute atomic E-state index is 0.0402. The molecule has 1 fully saturated rings. The predicted molar refractivity (Wildman–Crippen MR) is 184 cm³/mol. The smallest absolute Gasteiger partial charge is 0.355 e. The number of carbonyl (C=O) groups excluding carboxylic acids is 7. The highest BCUT2D eigenvalue weighted by Crippen LogP contribution is 2.14. The first kappa shape index (κ1) is 46.3. The largest absolute Gasteiger partial charge is 0.382 e. The molecular formula is C34H54N4O16. The maximum absolute atomic E-state index is 12.8. The molecule has 0 aromatic heterocycles. The summed E-state index contributed by atoms with van der Waals surface area (Å²) in [6.07, 6.45) is 2.68. The van der Waals surface area contributed by atoms with Crippen molar-refractivity contribution < 1.29 is 76.3 Å². The van der Waals surface area contributed by atoms with Gasteiger partial charge >= 0.3 is 5.97 Å². The Morgan fingerprint density at radius 3 is 1.54 bits per heavy atom. The fourth-order valence-corrected chi connectivity index (χ4v) is 4.54. The fourth-order valence-electron chi connectivity index (χ4n) is 4.54. The molecule has 2 aliphatic rings. The summed E-state index contributed by atoms with van der Waals surface area (Å²) in [6.45, 7) is 5.77. The summed E-state index contributed by atoms with van der Waals surface area (Å²) >= 11 is 0. The van der Waals surface area contributed by atoms with Crippen LogP contribution in [-0.4, -0.2) is 177 Å². The molecule has 54 heavy (non-hydrogen) atoms. The Labute approximate surface area is 314 Å². The van der Waals surface area contributed by atoms with E-state index >= 15 is 0 Å². The Hall–Kier alpha value is -3.89. The minimum Gasteiger partial charge on any atom is -0.382 e. The topological polar surface area (TPSA) is 233 Å². The number of carbonyl (C=O) groups is 7. The van der Waals surface area contributed by atoms with Gasteiger partial charge in [-0.25, -0.2) is 4.79 Å². The zero-order valence-electron chi connectivity index (χ0n) is 30.9. The molecule has 20 heteroatoms. The first-order valence-corrected chi connectivity index (χ1v) is 17.9. The van der Waals surface area contributed by atoms with Crippen LogP contribution < -0.4 is 10.6 Å². The Bertz CT molecular complexity index is 1170. The van der Waals surface area contributed by atoms with E-state index in [2.05, 4.69) is 10.6 Å². The van der Waals surface area contributed by atoms with Crippen LogP contribution >= 0.6 is 0 Å². The highest BCUT2D eigenvalue weighted by atomic mass is 16.7. The summed E-state index contributed by atoms with van der Waals surface area (Å²) in [5, 5.41) is 5.53. The number of nitrogens with zero attached hydrogens (tertiary/aromatic N) is 2. The lowest BCUT2D eigenvalue weighted by Crippen LogP contribution is -2.45. The molecule has 0 spiro atoms. The highest BCUT2D eigenvalue weighted by Gasteiger charge is 2.35. The number of methoxy groups -OCH3 is 1. The van der Waals surface area contributed by atoms with Gasteiger partial charge in [-0.3, -0.25) is 33.7 Å². The second kappa shape index (κ2) is 29.5. The van der Waals surface area contributed by atoms with Gasteiger partial charge in [0.2, 0.25) is 11.8 Å². The summed E-state index contributed by atoms with van der Waals surface area (Å²) < 4.78 is 42.7. The van der Waals surface area contributed by atoms with Gasteiger partial charge < -0.3 is 53.4 Å². The molecule has 2 rings (SSSR count). The van der Waals surface area contributed by atoms with Crippen molar-refractivity contribution in [3.63, 3.8) is 0 Å². The zero-order valence-corrected chi connectivity index (χ0v) is 30.9. The van der Waals surface area contributed by atoms with E-state index in [9.17, 15) is 33.6 Å². The van der Waals surface area contributed by atoms with Crippen LogP contribution in [0.3, 0.4) is 0 Å². The summed E-state index contributed by atoms with van der Waals surface area (Å²) in [5.74, 6) is -4.51. The van der Waals surface area contributed by atoms with Gasteiger partial charge in [0.1, 0.15) is 12.6 Å². The third kappa shape index (κ3) is 21.1. The van der Waals surface area contributed by atoms with Crippen LogP contribution in [0.15, 0.2) is 12.2 Å². The molecule has 1 atom stereocenters. The minimum atomic E-state index is -1.18. The van der Waals surface area contributed by atoms with Crippen molar-refractivity contribution in [3.05, 3.63) is 12.2 Å². The molecule has 0 saturated carbocycles. The summed E-state index contributed by atoms with van der Waals surface area (Å²) in [4.78, 5) is 90.4. The van der Waals surface area contributed by atoms with Crippen molar-refractivity contribution >= 4 is 41.4 Å². The fraction of sp³-hybridized carbons (Fsp3) is 0.735. The Morgan fingerprint density at radius 1 is 0.630 bits per heavy atom. The van der Waals surface area contributed by atoms with Crippen LogP contribution in [-0.2, 0) is 76.3 Å². The highest BCUT2D eigenvalue weighted by molar-refractivity contribution is 6.14. The standard InChI is InChI=1S/C34H54N4O16/c1-46-12-13-48-16-17-50-20-21-52-24-25-53-23-22-51-19-18-49-15-14-47-11-9-28(39)36-27(34(45)54-38-32(43)7-8-33(38)44)4-2-3-10-35-29(40)26-37-30(41)5-6-31(37)42/h5-6,27H,2-4,7-26H2,1H3,(H,35,40)(H,36,39). The van der Waals surface area contributed by atoms with Gasteiger partial charge in [0.25, 0.3) is 23.6 Å². The van der Waals surface area contributed by atoms with Crippen molar-refractivity contribution in [2.24, 2.45) is 0 Å². The van der Waals surface area contributed by atoms with E-state index in [1.54, 1.807) is 7.11 Å². The number of unbranched alkanes of at least 4 members (excludes halogenated alkanes) is 1. The van der Waals surface area contributed by atoms with Crippen molar-refractivity contribution in [3.8, 4) is 0 Å². The van der Waals surface area contributed by atoms with Crippen LogP contribution in [0.4, 0.5) is 0 Å². The maximum atomic E-state index is 12.8. The number of imide groups is 2. The average molecular weight is 775 g/mol. The molecule has 6 amide bonds. The summed E-state index contributed by atoms with van der Waals surface area (Å²) in [6, 6.07) is -1.18. The molecule has 0 aliphatic carbocycles. The van der Waals surface area contributed by atoms with Gasteiger partial charge in [-0.1, -0.05) is 0 Å². The first-order chi connectivity index (χ1) is 26.2. The van der Waals surface area contributed by atoms with Crippen molar-refractivity contribution in [1.82, 2.24) is 20.6 Å².